The molecular formula is C23H27N5. The number of rotatable bonds is 5. The second-order valence-electron chi connectivity index (χ2n) is 7.67. The molecule has 0 saturated carbocycles. The maximum Gasteiger partial charge on any atom is 0.150 e. The predicted octanol–water partition coefficient (Wildman–Crippen LogP) is 4.88. The van der Waals surface area contributed by atoms with Crippen LogP contribution in [0.25, 0.3) is 0 Å². The monoisotopic (exact) mass is 373 g/mol. The van der Waals surface area contributed by atoms with Gasteiger partial charge in [-0.15, -0.1) is 0 Å². The Hall–Kier alpha value is -2.79. The van der Waals surface area contributed by atoms with Crippen LogP contribution in [-0.4, -0.2) is 26.4 Å². The molecule has 3 aromatic rings. The number of likely N-dealkylation sites (tertiary alicyclic amines) is 1. The number of nitrogens with one attached hydrogen (secondary N) is 1. The van der Waals surface area contributed by atoms with Crippen LogP contribution >= 0.6 is 0 Å². The Morgan fingerprint density at radius 1 is 1.07 bits per heavy atom. The Labute approximate surface area is 166 Å². The van der Waals surface area contributed by atoms with E-state index >= 15 is 0 Å². The third-order valence-corrected chi connectivity index (χ3v) is 5.57. The summed E-state index contributed by atoms with van der Waals surface area (Å²) in [6.07, 6.45) is 7.76. The highest BCUT2D eigenvalue weighted by molar-refractivity contribution is 5.54. The van der Waals surface area contributed by atoms with E-state index in [0.717, 1.165) is 42.4 Å². The van der Waals surface area contributed by atoms with Crippen molar-refractivity contribution in [1.29, 1.82) is 0 Å². The Bertz CT molecular complexity index is 969. The first-order valence-electron chi connectivity index (χ1n) is 9.91. The fraction of sp³-hybridized carbons (Fsp3) is 0.348. The number of benzene rings is 1. The van der Waals surface area contributed by atoms with E-state index in [1.165, 1.54) is 23.1 Å². The molecule has 5 nitrogen and oxygen atoms in total. The van der Waals surface area contributed by atoms with Crippen molar-refractivity contribution in [2.45, 2.75) is 46.2 Å². The molecule has 4 rings (SSSR count). The fourth-order valence-corrected chi connectivity index (χ4v) is 3.83. The molecule has 1 aliphatic heterocycles. The molecule has 3 heterocycles. The molecule has 0 bridgehead atoms. The number of anilines is 2. The van der Waals surface area contributed by atoms with Crippen LogP contribution in [0.5, 0.6) is 0 Å². The molecule has 0 unspecified atom stereocenters. The smallest absolute Gasteiger partial charge is 0.150 e. The van der Waals surface area contributed by atoms with Crippen LogP contribution in [-0.2, 0) is 6.54 Å². The lowest BCUT2D eigenvalue weighted by molar-refractivity contribution is 0.244. The SMILES string of the molecule is Cc1ccc(CN2CCC[C@H]2c2cncc(Nc3ncccc3C)n2)cc1C. The van der Waals surface area contributed by atoms with Gasteiger partial charge in [0.2, 0.25) is 0 Å². The summed E-state index contributed by atoms with van der Waals surface area (Å²) >= 11 is 0. The molecule has 5 heteroatoms. The summed E-state index contributed by atoms with van der Waals surface area (Å²) in [4.78, 5) is 16.2. The zero-order chi connectivity index (χ0) is 19.5. The van der Waals surface area contributed by atoms with Crippen LogP contribution < -0.4 is 5.32 Å². The Morgan fingerprint density at radius 2 is 1.96 bits per heavy atom. The maximum atomic E-state index is 4.86. The van der Waals surface area contributed by atoms with Gasteiger partial charge >= 0.3 is 0 Å². The molecule has 1 aliphatic rings. The highest BCUT2D eigenvalue weighted by atomic mass is 15.2. The van der Waals surface area contributed by atoms with Gasteiger partial charge in [-0.3, -0.25) is 9.88 Å². The Kier molecular flexibility index (Phi) is 5.35. The van der Waals surface area contributed by atoms with E-state index in [9.17, 15) is 0 Å². The van der Waals surface area contributed by atoms with Crippen LogP contribution in [0, 0.1) is 20.8 Å². The van der Waals surface area contributed by atoms with E-state index < -0.39 is 0 Å². The van der Waals surface area contributed by atoms with Gasteiger partial charge in [-0.25, -0.2) is 9.97 Å². The molecule has 1 fully saturated rings. The summed E-state index contributed by atoms with van der Waals surface area (Å²) in [6.45, 7) is 8.42. The average molecular weight is 374 g/mol. The van der Waals surface area contributed by atoms with E-state index in [2.05, 4.69) is 52.2 Å². The summed E-state index contributed by atoms with van der Waals surface area (Å²) in [5.41, 5.74) is 6.18. The third kappa shape index (κ3) is 4.04. The predicted molar refractivity (Wildman–Crippen MR) is 113 cm³/mol. The largest absolute Gasteiger partial charge is 0.323 e. The second kappa shape index (κ2) is 8.07. The molecule has 28 heavy (non-hydrogen) atoms. The minimum Gasteiger partial charge on any atom is -0.323 e. The molecule has 1 saturated heterocycles. The van der Waals surface area contributed by atoms with Gasteiger partial charge in [-0.2, -0.15) is 0 Å². The van der Waals surface area contributed by atoms with E-state index in [-0.39, 0.29) is 0 Å². The number of nitrogens with zero attached hydrogens (tertiary/aromatic N) is 4. The van der Waals surface area contributed by atoms with E-state index in [0.29, 0.717) is 6.04 Å². The number of hydrogen-bond donors (Lipinski definition) is 1. The molecule has 1 atom stereocenters. The number of pyridine rings is 1. The fourth-order valence-electron chi connectivity index (χ4n) is 3.83. The van der Waals surface area contributed by atoms with Crippen molar-refractivity contribution in [3.8, 4) is 0 Å². The molecule has 1 N–H and O–H groups in total. The number of aryl methyl sites for hydroxylation is 3. The molecular weight excluding hydrogens is 346 g/mol. The van der Waals surface area contributed by atoms with Gasteiger partial charge in [0, 0.05) is 12.7 Å². The first kappa shape index (κ1) is 18.6. The van der Waals surface area contributed by atoms with Gasteiger partial charge in [0.15, 0.2) is 0 Å². The zero-order valence-electron chi connectivity index (χ0n) is 16.8. The summed E-state index contributed by atoms with van der Waals surface area (Å²) in [5.74, 6) is 1.57. The highest BCUT2D eigenvalue weighted by Crippen LogP contribution is 2.32. The summed E-state index contributed by atoms with van der Waals surface area (Å²) < 4.78 is 0. The molecule has 0 aliphatic carbocycles. The van der Waals surface area contributed by atoms with Crippen LogP contribution in [0.15, 0.2) is 48.9 Å². The van der Waals surface area contributed by atoms with Crippen LogP contribution in [0.4, 0.5) is 11.6 Å². The number of aromatic nitrogens is 3. The van der Waals surface area contributed by atoms with E-state index in [1.54, 1.807) is 12.4 Å². The average Bonchev–Trinajstić information content (AvgIpc) is 3.15. The van der Waals surface area contributed by atoms with Gasteiger partial charge in [-0.1, -0.05) is 24.3 Å². The lowest BCUT2D eigenvalue weighted by Gasteiger charge is -2.24. The molecule has 1 aromatic carbocycles. The molecule has 0 radical (unpaired) electrons. The van der Waals surface area contributed by atoms with Crippen molar-refractivity contribution in [1.82, 2.24) is 19.9 Å². The quantitative estimate of drug-likeness (QED) is 0.691. The summed E-state index contributed by atoms with van der Waals surface area (Å²) in [6, 6.07) is 11.0. The van der Waals surface area contributed by atoms with Crippen LogP contribution in [0.1, 0.15) is 46.8 Å². The summed E-state index contributed by atoms with van der Waals surface area (Å²) in [5, 5.41) is 3.31. The van der Waals surface area contributed by atoms with Crippen molar-refractivity contribution in [2.24, 2.45) is 0 Å². The zero-order valence-corrected chi connectivity index (χ0v) is 16.8. The Balaban J connectivity index is 1.52. The normalized spacial score (nSPS) is 17.0. The van der Waals surface area contributed by atoms with Crippen molar-refractivity contribution < 1.29 is 0 Å². The van der Waals surface area contributed by atoms with Gasteiger partial charge in [0.1, 0.15) is 11.6 Å². The highest BCUT2D eigenvalue weighted by Gasteiger charge is 2.27. The van der Waals surface area contributed by atoms with Crippen molar-refractivity contribution in [3.05, 3.63) is 76.9 Å². The lowest BCUT2D eigenvalue weighted by Crippen LogP contribution is -2.23. The minimum atomic E-state index is 0.306. The van der Waals surface area contributed by atoms with Gasteiger partial charge in [0.05, 0.1) is 24.1 Å². The van der Waals surface area contributed by atoms with Crippen LogP contribution in [0.3, 0.4) is 0 Å². The minimum absolute atomic E-state index is 0.306. The lowest BCUT2D eigenvalue weighted by atomic mass is 10.1. The van der Waals surface area contributed by atoms with E-state index in [1.807, 2.05) is 25.3 Å². The maximum absolute atomic E-state index is 4.86. The standard InChI is InChI=1S/C23H27N5/c1-16-8-9-19(12-18(16)3)15-28-11-5-7-21(28)20-13-24-14-22(26-20)27-23-17(2)6-4-10-25-23/h4,6,8-10,12-14,21H,5,7,11,15H2,1-3H3,(H,25,26,27)/t21-/m0/s1. The van der Waals surface area contributed by atoms with Gasteiger partial charge in [-0.05, 0) is 68.5 Å². The first-order valence-corrected chi connectivity index (χ1v) is 9.91. The van der Waals surface area contributed by atoms with E-state index in [4.69, 9.17) is 4.98 Å². The van der Waals surface area contributed by atoms with Gasteiger partial charge in [0.25, 0.3) is 0 Å². The van der Waals surface area contributed by atoms with Crippen molar-refractivity contribution in [2.75, 3.05) is 11.9 Å². The topological polar surface area (TPSA) is 53.9 Å². The molecule has 2 aromatic heterocycles. The number of hydrogen-bond acceptors (Lipinski definition) is 5. The van der Waals surface area contributed by atoms with Gasteiger partial charge < -0.3 is 5.32 Å². The second-order valence-corrected chi connectivity index (χ2v) is 7.67. The molecule has 144 valence electrons. The Morgan fingerprint density at radius 3 is 2.79 bits per heavy atom. The molecule has 0 amide bonds. The third-order valence-electron chi connectivity index (χ3n) is 5.57. The first-order chi connectivity index (χ1) is 13.6. The molecule has 0 spiro atoms. The summed E-state index contributed by atoms with van der Waals surface area (Å²) in [7, 11) is 0. The van der Waals surface area contributed by atoms with Crippen molar-refractivity contribution >= 4 is 11.6 Å². The van der Waals surface area contributed by atoms with Crippen molar-refractivity contribution in [3.63, 3.8) is 0 Å². The van der Waals surface area contributed by atoms with Crippen LogP contribution in [0.2, 0.25) is 0 Å².